The summed E-state index contributed by atoms with van der Waals surface area (Å²) < 4.78 is 4.76. The van der Waals surface area contributed by atoms with E-state index in [1.54, 1.807) is 4.90 Å². The Morgan fingerprint density at radius 1 is 1.24 bits per heavy atom. The van der Waals surface area contributed by atoms with Crippen LogP contribution in [0.3, 0.4) is 0 Å². The lowest BCUT2D eigenvalue weighted by Gasteiger charge is -2.25. The van der Waals surface area contributed by atoms with Crippen LogP contribution in [-0.4, -0.2) is 61.5 Å². The second-order valence-electron chi connectivity index (χ2n) is 4.96. The van der Waals surface area contributed by atoms with Crippen LogP contribution in [0.1, 0.15) is 19.3 Å². The first-order valence-electron chi connectivity index (χ1n) is 6.20. The molecule has 0 saturated carbocycles. The molecular weight excluding hydrogens is 220 g/mol. The summed E-state index contributed by atoms with van der Waals surface area (Å²) in [6.07, 6.45) is 2.54. The molecule has 2 saturated heterocycles. The Kier molecular flexibility index (Phi) is 3.66. The molecule has 0 aromatic heterocycles. The summed E-state index contributed by atoms with van der Waals surface area (Å²) in [4.78, 5) is 27.8. The number of rotatable bonds is 2. The van der Waals surface area contributed by atoms with Crippen molar-refractivity contribution >= 4 is 11.9 Å². The van der Waals surface area contributed by atoms with Crippen molar-refractivity contribution in [2.75, 3.05) is 33.8 Å². The van der Waals surface area contributed by atoms with Crippen molar-refractivity contribution in [3.63, 3.8) is 0 Å². The molecular formula is C12H20N2O3. The normalized spacial score (nSPS) is 29.6. The summed E-state index contributed by atoms with van der Waals surface area (Å²) >= 11 is 0. The molecule has 0 aromatic carbocycles. The minimum atomic E-state index is -0.349. The molecule has 2 unspecified atom stereocenters. The van der Waals surface area contributed by atoms with E-state index >= 15 is 0 Å². The topological polar surface area (TPSA) is 49.9 Å². The van der Waals surface area contributed by atoms with E-state index in [0.29, 0.717) is 6.54 Å². The Hall–Kier alpha value is -1.10. The fourth-order valence-electron chi connectivity index (χ4n) is 2.78. The predicted octanol–water partition coefficient (Wildman–Crippen LogP) is 0.102. The highest BCUT2D eigenvalue weighted by Crippen LogP contribution is 2.24. The molecule has 2 rings (SSSR count). The van der Waals surface area contributed by atoms with E-state index in [1.165, 1.54) is 7.11 Å². The number of methoxy groups -OCH3 is 1. The van der Waals surface area contributed by atoms with Crippen LogP contribution in [0.2, 0.25) is 0 Å². The first-order valence-corrected chi connectivity index (χ1v) is 6.20. The Morgan fingerprint density at radius 3 is 2.59 bits per heavy atom. The van der Waals surface area contributed by atoms with E-state index in [0.717, 1.165) is 32.4 Å². The molecule has 0 bridgehead atoms. The minimum absolute atomic E-state index is 0.0604. The smallest absolute Gasteiger partial charge is 0.328 e. The molecule has 2 fully saturated rings. The van der Waals surface area contributed by atoms with Crippen LogP contribution in [0.25, 0.3) is 0 Å². The molecule has 5 heteroatoms. The van der Waals surface area contributed by atoms with Crippen molar-refractivity contribution < 1.29 is 14.3 Å². The van der Waals surface area contributed by atoms with Crippen molar-refractivity contribution in [3.8, 4) is 0 Å². The monoisotopic (exact) mass is 240 g/mol. The van der Waals surface area contributed by atoms with Crippen LogP contribution >= 0.6 is 0 Å². The van der Waals surface area contributed by atoms with Gasteiger partial charge < -0.3 is 14.5 Å². The van der Waals surface area contributed by atoms with E-state index in [2.05, 4.69) is 4.90 Å². The summed E-state index contributed by atoms with van der Waals surface area (Å²) in [5, 5.41) is 0. The number of ether oxygens (including phenoxy) is 1. The van der Waals surface area contributed by atoms with Gasteiger partial charge >= 0.3 is 5.97 Å². The lowest BCUT2D eigenvalue weighted by Crippen LogP contribution is -2.44. The quantitative estimate of drug-likeness (QED) is 0.642. The zero-order chi connectivity index (χ0) is 12.4. The number of hydrogen-bond acceptors (Lipinski definition) is 4. The van der Waals surface area contributed by atoms with Gasteiger partial charge in [0.25, 0.3) is 0 Å². The molecule has 0 N–H and O–H groups in total. The van der Waals surface area contributed by atoms with E-state index in [-0.39, 0.29) is 23.8 Å². The highest BCUT2D eigenvalue weighted by molar-refractivity contribution is 5.86. The predicted molar refractivity (Wildman–Crippen MR) is 62.4 cm³/mol. The van der Waals surface area contributed by atoms with Gasteiger partial charge in [-0.05, 0) is 32.9 Å². The third-order valence-electron chi connectivity index (χ3n) is 3.75. The van der Waals surface area contributed by atoms with Gasteiger partial charge in [-0.1, -0.05) is 0 Å². The zero-order valence-corrected chi connectivity index (χ0v) is 10.5. The van der Waals surface area contributed by atoms with Crippen molar-refractivity contribution in [1.29, 1.82) is 0 Å². The maximum absolute atomic E-state index is 12.3. The molecule has 2 atom stereocenters. The number of hydrogen-bond donors (Lipinski definition) is 0. The number of carbonyl (C=O) groups is 2. The molecule has 96 valence electrons. The van der Waals surface area contributed by atoms with Gasteiger partial charge in [-0.15, -0.1) is 0 Å². The van der Waals surface area contributed by atoms with Crippen molar-refractivity contribution in [1.82, 2.24) is 9.80 Å². The molecule has 0 aliphatic carbocycles. The van der Waals surface area contributed by atoms with Gasteiger partial charge in [-0.25, -0.2) is 4.79 Å². The van der Waals surface area contributed by atoms with Crippen LogP contribution < -0.4 is 0 Å². The molecule has 0 spiro atoms. The average Bonchev–Trinajstić information content (AvgIpc) is 2.95. The second kappa shape index (κ2) is 5.04. The number of carbonyl (C=O) groups excluding carboxylic acids is 2. The fraction of sp³-hybridized carbons (Fsp3) is 0.833. The summed E-state index contributed by atoms with van der Waals surface area (Å²) in [6.45, 7) is 2.47. The van der Waals surface area contributed by atoms with Crippen molar-refractivity contribution in [3.05, 3.63) is 0 Å². The van der Waals surface area contributed by atoms with Gasteiger partial charge in [0, 0.05) is 13.1 Å². The lowest BCUT2D eigenvalue weighted by atomic mass is 10.1. The first kappa shape index (κ1) is 12.4. The minimum Gasteiger partial charge on any atom is -0.467 e. The average molecular weight is 240 g/mol. The Bertz CT molecular complexity index is 319. The van der Waals surface area contributed by atoms with E-state index < -0.39 is 0 Å². The standard InChI is InChI=1S/C12H20N2O3/c1-13-7-5-9(8-13)11(15)14-6-3-4-10(14)12(16)17-2/h9-10H,3-8H2,1-2H3. The van der Waals surface area contributed by atoms with Gasteiger partial charge in [0.05, 0.1) is 13.0 Å². The maximum atomic E-state index is 12.3. The van der Waals surface area contributed by atoms with Crippen LogP contribution in [0, 0.1) is 5.92 Å². The molecule has 2 aliphatic heterocycles. The lowest BCUT2D eigenvalue weighted by molar-refractivity contribution is -0.152. The molecule has 0 aromatic rings. The van der Waals surface area contributed by atoms with Crippen molar-refractivity contribution in [2.24, 2.45) is 5.92 Å². The molecule has 2 aliphatic rings. The second-order valence-corrected chi connectivity index (χ2v) is 4.96. The molecule has 0 radical (unpaired) electrons. The molecule has 5 nitrogen and oxygen atoms in total. The van der Waals surface area contributed by atoms with Gasteiger partial charge in [0.15, 0.2) is 0 Å². The number of esters is 1. The van der Waals surface area contributed by atoms with Gasteiger partial charge in [0.1, 0.15) is 6.04 Å². The fourth-order valence-corrected chi connectivity index (χ4v) is 2.78. The summed E-state index contributed by atoms with van der Waals surface area (Å²) in [6, 6.07) is -0.349. The van der Waals surface area contributed by atoms with Crippen LogP contribution in [0.15, 0.2) is 0 Å². The van der Waals surface area contributed by atoms with Crippen LogP contribution in [-0.2, 0) is 14.3 Å². The third-order valence-corrected chi connectivity index (χ3v) is 3.75. The Balaban J connectivity index is 2.01. The maximum Gasteiger partial charge on any atom is 0.328 e. The van der Waals surface area contributed by atoms with Crippen molar-refractivity contribution in [2.45, 2.75) is 25.3 Å². The highest BCUT2D eigenvalue weighted by Gasteiger charge is 2.39. The number of likely N-dealkylation sites (tertiary alicyclic amines) is 2. The SMILES string of the molecule is COC(=O)C1CCCN1C(=O)C1CCN(C)C1. The largest absolute Gasteiger partial charge is 0.467 e. The Labute approximate surface area is 102 Å². The summed E-state index contributed by atoms with van der Waals surface area (Å²) in [5.41, 5.74) is 0. The summed E-state index contributed by atoms with van der Waals surface area (Å²) in [5.74, 6) is -0.0882. The van der Waals surface area contributed by atoms with E-state index in [9.17, 15) is 9.59 Å². The number of amides is 1. The number of nitrogens with zero attached hydrogens (tertiary/aromatic N) is 2. The molecule has 17 heavy (non-hydrogen) atoms. The third kappa shape index (κ3) is 2.44. The molecule has 1 amide bonds. The van der Waals surface area contributed by atoms with Gasteiger partial charge in [-0.2, -0.15) is 0 Å². The highest BCUT2D eigenvalue weighted by atomic mass is 16.5. The van der Waals surface area contributed by atoms with E-state index in [1.807, 2.05) is 7.05 Å². The van der Waals surface area contributed by atoms with E-state index in [4.69, 9.17) is 4.74 Å². The van der Waals surface area contributed by atoms with Crippen LogP contribution in [0.4, 0.5) is 0 Å². The first-order chi connectivity index (χ1) is 8.13. The zero-order valence-electron chi connectivity index (χ0n) is 10.5. The van der Waals surface area contributed by atoms with Gasteiger partial charge in [-0.3, -0.25) is 4.79 Å². The van der Waals surface area contributed by atoms with Gasteiger partial charge in [0.2, 0.25) is 5.91 Å². The molecule has 2 heterocycles. The summed E-state index contributed by atoms with van der Waals surface area (Å²) in [7, 11) is 3.40. The van der Waals surface area contributed by atoms with Crippen LogP contribution in [0.5, 0.6) is 0 Å². The Morgan fingerprint density at radius 2 is 2.00 bits per heavy atom.